The molecule has 0 unspecified atom stereocenters. The molecule has 0 bridgehead atoms. The van der Waals surface area contributed by atoms with Crippen LogP contribution in [0.25, 0.3) is 88.7 Å². The van der Waals surface area contributed by atoms with Crippen LogP contribution in [0, 0.1) is 0 Å². The summed E-state index contributed by atoms with van der Waals surface area (Å²) in [5.41, 5.74) is 12.1. The van der Waals surface area contributed by atoms with Crippen LogP contribution < -0.4 is 0 Å². The molecule has 0 spiro atoms. The Labute approximate surface area is 354 Å². The van der Waals surface area contributed by atoms with Crippen LogP contribution in [-0.2, 0) is 5.41 Å². The predicted octanol–water partition coefficient (Wildman–Crippen LogP) is 14.4. The smallest absolute Gasteiger partial charge is 0.164 e. The van der Waals surface area contributed by atoms with Gasteiger partial charge in [-0.25, -0.2) is 15.0 Å². The largest absolute Gasteiger partial charge is 0.208 e. The second kappa shape index (κ2) is 14.1. The lowest BCUT2D eigenvalue weighted by Gasteiger charge is -2.34. The third-order valence-electron chi connectivity index (χ3n) is 12.6. The van der Waals surface area contributed by atoms with Crippen LogP contribution in [0.15, 0.2) is 224 Å². The molecular weight excluding hydrogens is 739 g/mol. The number of hydrogen-bond acceptors (Lipinski definition) is 3. The standard InChI is InChI=1S/C58H37N3/c1-5-19-38(20-6-1)55-59-56(39-21-7-2-8-22-39)61-57(60-55)51-36-41(35-50-46-29-14-13-27-44(46)45-28-15-16-31-49(45)54(50)51)40-33-34-48-47-30-17-18-32-52(47)58(53(48)37-40,42-23-9-3-10-24-42)43-25-11-4-12-26-43/h1-37H. The summed E-state index contributed by atoms with van der Waals surface area (Å²) in [5.74, 6) is 1.91. The van der Waals surface area contributed by atoms with Gasteiger partial charge in [-0.2, -0.15) is 0 Å². The van der Waals surface area contributed by atoms with E-state index in [1.54, 1.807) is 0 Å². The maximum Gasteiger partial charge on any atom is 0.164 e. The van der Waals surface area contributed by atoms with Gasteiger partial charge in [0.2, 0.25) is 0 Å². The van der Waals surface area contributed by atoms with Gasteiger partial charge in [-0.3, -0.25) is 0 Å². The second-order valence-corrected chi connectivity index (χ2v) is 15.9. The normalized spacial score (nSPS) is 12.7. The third-order valence-corrected chi connectivity index (χ3v) is 12.6. The van der Waals surface area contributed by atoms with Crippen molar-refractivity contribution in [2.75, 3.05) is 0 Å². The van der Waals surface area contributed by atoms with Crippen molar-refractivity contribution in [1.29, 1.82) is 0 Å². The SMILES string of the molecule is c1ccc(-c2nc(-c3ccccc3)nc(-c3cc(-c4ccc5c(c4)C(c4ccccc4)(c4ccccc4)c4ccccc4-5)cc4c5ccccc5c5ccccc5c34)n2)cc1. The fourth-order valence-corrected chi connectivity index (χ4v) is 9.93. The van der Waals surface area contributed by atoms with E-state index in [0.717, 1.165) is 44.0 Å². The Morgan fingerprint density at radius 1 is 0.262 bits per heavy atom. The Morgan fingerprint density at radius 3 is 1.33 bits per heavy atom. The van der Waals surface area contributed by atoms with Gasteiger partial charge in [-0.05, 0) is 89.6 Å². The average Bonchev–Trinajstić information content (AvgIpc) is 3.65. The molecule has 1 heterocycles. The summed E-state index contributed by atoms with van der Waals surface area (Å²) < 4.78 is 0. The van der Waals surface area contributed by atoms with Crippen molar-refractivity contribution >= 4 is 32.3 Å². The van der Waals surface area contributed by atoms with E-state index in [2.05, 4.69) is 188 Å². The number of hydrogen-bond donors (Lipinski definition) is 0. The van der Waals surface area contributed by atoms with Crippen LogP contribution in [0.5, 0.6) is 0 Å². The Balaban J connectivity index is 1.19. The van der Waals surface area contributed by atoms with E-state index in [1.165, 1.54) is 49.5 Å². The van der Waals surface area contributed by atoms with Gasteiger partial charge in [0.25, 0.3) is 0 Å². The quantitative estimate of drug-likeness (QED) is 0.158. The molecule has 0 aliphatic heterocycles. The van der Waals surface area contributed by atoms with Crippen molar-refractivity contribution in [2.24, 2.45) is 0 Å². The molecule has 3 heteroatoms. The molecule has 0 saturated carbocycles. The van der Waals surface area contributed by atoms with Gasteiger partial charge in [0, 0.05) is 22.1 Å². The van der Waals surface area contributed by atoms with Gasteiger partial charge in [0.05, 0.1) is 5.41 Å². The van der Waals surface area contributed by atoms with Crippen LogP contribution in [0.4, 0.5) is 0 Å². The zero-order valence-corrected chi connectivity index (χ0v) is 33.2. The van der Waals surface area contributed by atoms with Crippen molar-refractivity contribution < 1.29 is 0 Å². The summed E-state index contributed by atoms with van der Waals surface area (Å²) in [5, 5.41) is 7.06. The van der Waals surface area contributed by atoms with E-state index in [-0.39, 0.29) is 0 Å². The number of aromatic nitrogens is 3. The van der Waals surface area contributed by atoms with Crippen LogP contribution in [-0.4, -0.2) is 15.0 Å². The lowest BCUT2D eigenvalue weighted by atomic mass is 9.67. The molecule has 0 saturated heterocycles. The number of fused-ring (bicyclic) bond motifs is 9. The molecule has 284 valence electrons. The highest BCUT2D eigenvalue weighted by molar-refractivity contribution is 6.28. The van der Waals surface area contributed by atoms with Gasteiger partial charge in [0.15, 0.2) is 17.5 Å². The molecule has 1 aliphatic rings. The van der Waals surface area contributed by atoms with Crippen molar-refractivity contribution in [3.05, 3.63) is 247 Å². The third kappa shape index (κ3) is 5.48. The fourth-order valence-electron chi connectivity index (χ4n) is 9.93. The molecule has 0 amide bonds. The zero-order valence-electron chi connectivity index (χ0n) is 33.2. The minimum atomic E-state index is -0.517. The molecule has 0 radical (unpaired) electrons. The maximum atomic E-state index is 5.34. The fraction of sp³-hybridized carbons (Fsp3) is 0.0172. The monoisotopic (exact) mass is 775 g/mol. The molecule has 1 aliphatic carbocycles. The van der Waals surface area contributed by atoms with E-state index < -0.39 is 5.41 Å². The van der Waals surface area contributed by atoms with Crippen LogP contribution in [0.1, 0.15) is 22.3 Å². The molecule has 0 fully saturated rings. The topological polar surface area (TPSA) is 38.7 Å². The summed E-state index contributed by atoms with van der Waals surface area (Å²) >= 11 is 0. The molecule has 0 atom stereocenters. The van der Waals surface area contributed by atoms with Crippen molar-refractivity contribution in [2.45, 2.75) is 5.41 Å². The summed E-state index contributed by atoms with van der Waals surface area (Å²) in [7, 11) is 0. The summed E-state index contributed by atoms with van der Waals surface area (Å²) in [6.07, 6.45) is 0. The van der Waals surface area contributed by atoms with E-state index >= 15 is 0 Å². The molecule has 12 rings (SSSR count). The molecule has 10 aromatic carbocycles. The number of nitrogens with zero attached hydrogens (tertiary/aromatic N) is 3. The maximum absolute atomic E-state index is 5.34. The number of rotatable bonds is 6. The first-order chi connectivity index (χ1) is 30.3. The van der Waals surface area contributed by atoms with Crippen LogP contribution in [0.2, 0.25) is 0 Å². The average molecular weight is 776 g/mol. The molecule has 1 aromatic heterocycles. The predicted molar refractivity (Wildman–Crippen MR) is 251 cm³/mol. The first-order valence-corrected chi connectivity index (χ1v) is 20.9. The molecule has 3 nitrogen and oxygen atoms in total. The van der Waals surface area contributed by atoms with E-state index in [9.17, 15) is 0 Å². The van der Waals surface area contributed by atoms with E-state index in [4.69, 9.17) is 15.0 Å². The van der Waals surface area contributed by atoms with Crippen LogP contribution in [0.3, 0.4) is 0 Å². The zero-order chi connectivity index (χ0) is 40.3. The van der Waals surface area contributed by atoms with Gasteiger partial charge in [-0.15, -0.1) is 0 Å². The first kappa shape index (κ1) is 35.0. The van der Waals surface area contributed by atoms with Gasteiger partial charge >= 0.3 is 0 Å². The highest BCUT2D eigenvalue weighted by Crippen LogP contribution is 2.57. The Morgan fingerprint density at radius 2 is 0.721 bits per heavy atom. The van der Waals surface area contributed by atoms with Gasteiger partial charge < -0.3 is 0 Å². The summed E-state index contributed by atoms with van der Waals surface area (Å²) in [4.78, 5) is 15.8. The molecular formula is C58H37N3. The highest BCUT2D eigenvalue weighted by atomic mass is 15.0. The summed E-state index contributed by atoms with van der Waals surface area (Å²) in [6.45, 7) is 0. The van der Waals surface area contributed by atoms with Crippen molar-refractivity contribution in [3.8, 4) is 56.4 Å². The van der Waals surface area contributed by atoms with Crippen LogP contribution >= 0.6 is 0 Å². The van der Waals surface area contributed by atoms with Gasteiger partial charge in [0.1, 0.15) is 0 Å². The van der Waals surface area contributed by atoms with E-state index in [1.807, 2.05) is 36.4 Å². The molecule has 61 heavy (non-hydrogen) atoms. The Kier molecular flexibility index (Phi) is 8.07. The van der Waals surface area contributed by atoms with Gasteiger partial charge in [-0.1, -0.05) is 206 Å². The Bertz CT molecular complexity index is 3360. The number of benzene rings is 10. The lowest BCUT2D eigenvalue weighted by Crippen LogP contribution is -2.28. The van der Waals surface area contributed by atoms with Crippen molar-refractivity contribution in [3.63, 3.8) is 0 Å². The summed E-state index contributed by atoms with van der Waals surface area (Å²) in [6, 6.07) is 80.7. The Hall–Kier alpha value is -8.01. The highest BCUT2D eigenvalue weighted by Gasteiger charge is 2.46. The first-order valence-electron chi connectivity index (χ1n) is 20.9. The minimum absolute atomic E-state index is 0.517. The minimum Gasteiger partial charge on any atom is -0.208 e. The van der Waals surface area contributed by atoms with E-state index in [0.29, 0.717) is 17.5 Å². The lowest BCUT2D eigenvalue weighted by molar-refractivity contribution is 0.769. The van der Waals surface area contributed by atoms with Crippen molar-refractivity contribution in [1.82, 2.24) is 15.0 Å². The second-order valence-electron chi connectivity index (χ2n) is 15.9. The molecule has 0 N–H and O–H groups in total. The molecule has 11 aromatic rings.